The van der Waals surface area contributed by atoms with Crippen LogP contribution in [0, 0.1) is 11.2 Å². The molecular weight excluding hydrogens is 231 g/mol. The highest BCUT2D eigenvalue weighted by Crippen LogP contribution is 2.18. The van der Waals surface area contributed by atoms with Crippen molar-refractivity contribution in [1.29, 1.82) is 5.41 Å². The maximum atomic E-state index is 13.0. The predicted octanol–water partition coefficient (Wildman–Crippen LogP) is 2.68. The van der Waals surface area contributed by atoms with Gasteiger partial charge >= 0.3 is 0 Å². The van der Waals surface area contributed by atoms with Crippen molar-refractivity contribution >= 4 is 33.3 Å². The van der Waals surface area contributed by atoms with Crippen LogP contribution in [-0.4, -0.2) is 16.6 Å². The molecule has 0 radical (unpaired) electrons. The molecule has 0 saturated heterocycles. The summed E-state index contributed by atoms with van der Waals surface area (Å²) in [4.78, 5) is 0.490. The van der Waals surface area contributed by atoms with E-state index in [2.05, 4.69) is 0 Å². The van der Waals surface area contributed by atoms with Gasteiger partial charge in [0, 0.05) is 12.3 Å². The molecular formula is C10H11FN2S2. The molecule has 0 fully saturated rings. The summed E-state index contributed by atoms with van der Waals surface area (Å²) in [7, 11) is 0. The van der Waals surface area contributed by atoms with E-state index in [-0.39, 0.29) is 5.82 Å². The normalized spacial score (nSPS) is 11.1. The molecule has 0 saturated carbocycles. The number of thiazole rings is 1. The van der Waals surface area contributed by atoms with Crippen LogP contribution in [0.25, 0.3) is 10.2 Å². The number of benzene rings is 1. The first-order valence-corrected chi connectivity index (χ1v) is 6.76. The Hall–Kier alpha value is -0.810. The quantitative estimate of drug-likeness (QED) is 0.880. The SMILES string of the molecule is CSCCn1c(=N)sc2cc(F)ccc21. The van der Waals surface area contributed by atoms with Crippen LogP contribution in [0.4, 0.5) is 4.39 Å². The number of thioether (sulfide) groups is 1. The van der Waals surface area contributed by atoms with Crippen molar-refractivity contribution in [2.24, 2.45) is 0 Å². The van der Waals surface area contributed by atoms with Gasteiger partial charge in [0.2, 0.25) is 0 Å². The molecule has 0 aliphatic carbocycles. The van der Waals surface area contributed by atoms with Crippen LogP contribution in [0.3, 0.4) is 0 Å². The molecule has 1 aromatic carbocycles. The number of halogens is 1. The first-order valence-electron chi connectivity index (χ1n) is 4.55. The van der Waals surface area contributed by atoms with E-state index in [0.717, 1.165) is 22.5 Å². The molecule has 2 aromatic rings. The first kappa shape index (κ1) is 10.7. The number of fused-ring (bicyclic) bond motifs is 1. The molecule has 0 amide bonds. The van der Waals surface area contributed by atoms with Crippen molar-refractivity contribution in [3.63, 3.8) is 0 Å². The monoisotopic (exact) mass is 242 g/mol. The van der Waals surface area contributed by atoms with Crippen molar-refractivity contribution in [3.8, 4) is 0 Å². The molecule has 2 nitrogen and oxygen atoms in total. The number of aromatic nitrogens is 1. The smallest absolute Gasteiger partial charge is 0.182 e. The Kier molecular flexibility index (Phi) is 3.11. The summed E-state index contributed by atoms with van der Waals surface area (Å²) in [6.45, 7) is 0.811. The lowest BCUT2D eigenvalue weighted by atomic mass is 10.3. The molecule has 0 spiro atoms. The zero-order valence-corrected chi connectivity index (χ0v) is 9.92. The number of nitrogens with zero attached hydrogens (tertiary/aromatic N) is 1. The van der Waals surface area contributed by atoms with Crippen molar-refractivity contribution in [2.45, 2.75) is 6.54 Å². The summed E-state index contributed by atoms with van der Waals surface area (Å²) in [6.07, 6.45) is 2.04. The third kappa shape index (κ3) is 2.08. The summed E-state index contributed by atoms with van der Waals surface area (Å²) in [5.41, 5.74) is 0.959. The van der Waals surface area contributed by atoms with Gasteiger partial charge in [-0.2, -0.15) is 11.8 Å². The van der Waals surface area contributed by atoms with E-state index in [1.165, 1.54) is 23.5 Å². The molecule has 0 aliphatic heterocycles. The molecule has 1 aromatic heterocycles. The van der Waals surface area contributed by atoms with E-state index in [9.17, 15) is 4.39 Å². The second-order valence-corrected chi connectivity index (χ2v) is 5.18. The number of nitrogens with one attached hydrogen (secondary N) is 1. The molecule has 0 unspecified atom stereocenters. The van der Waals surface area contributed by atoms with Gasteiger partial charge in [-0.25, -0.2) is 4.39 Å². The third-order valence-corrected chi connectivity index (χ3v) is 3.73. The standard InChI is InChI=1S/C10H11FN2S2/c1-14-5-4-13-8-3-2-7(11)6-9(8)15-10(13)12/h2-3,6,12H,4-5H2,1H3. The van der Waals surface area contributed by atoms with Gasteiger partial charge in [-0.15, -0.1) is 0 Å². The molecule has 15 heavy (non-hydrogen) atoms. The van der Waals surface area contributed by atoms with E-state index < -0.39 is 0 Å². The fraction of sp³-hybridized carbons (Fsp3) is 0.300. The fourth-order valence-corrected chi connectivity index (χ4v) is 2.79. The first-order chi connectivity index (χ1) is 7.22. The average molecular weight is 242 g/mol. The van der Waals surface area contributed by atoms with Gasteiger partial charge in [-0.05, 0) is 24.5 Å². The fourth-order valence-electron chi connectivity index (χ4n) is 1.47. The number of hydrogen-bond acceptors (Lipinski definition) is 3. The Balaban J connectivity index is 2.53. The summed E-state index contributed by atoms with van der Waals surface area (Å²) in [6, 6.07) is 4.69. The summed E-state index contributed by atoms with van der Waals surface area (Å²) in [5.74, 6) is 0.737. The van der Waals surface area contributed by atoms with Crippen LogP contribution in [-0.2, 0) is 6.54 Å². The Bertz CT molecular complexity index is 530. The minimum Gasteiger partial charge on any atom is -0.316 e. The van der Waals surface area contributed by atoms with Crippen molar-refractivity contribution in [1.82, 2.24) is 4.57 Å². The Morgan fingerprint density at radius 2 is 2.33 bits per heavy atom. The molecule has 1 N–H and O–H groups in total. The largest absolute Gasteiger partial charge is 0.316 e. The summed E-state index contributed by atoms with van der Waals surface area (Å²) in [5, 5.41) is 7.80. The second kappa shape index (κ2) is 4.37. The number of rotatable bonds is 3. The van der Waals surface area contributed by atoms with Crippen LogP contribution >= 0.6 is 23.1 Å². The Labute approximate surface area is 95.3 Å². The molecule has 2 rings (SSSR count). The van der Waals surface area contributed by atoms with E-state index in [0.29, 0.717) is 4.80 Å². The Morgan fingerprint density at radius 3 is 3.07 bits per heavy atom. The van der Waals surface area contributed by atoms with E-state index in [4.69, 9.17) is 5.41 Å². The van der Waals surface area contributed by atoms with Crippen molar-refractivity contribution in [2.75, 3.05) is 12.0 Å². The highest BCUT2D eigenvalue weighted by molar-refractivity contribution is 7.98. The van der Waals surface area contributed by atoms with Crippen LogP contribution < -0.4 is 4.80 Å². The highest BCUT2D eigenvalue weighted by atomic mass is 32.2. The van der Waals surface area contributed by atoms with Crippen LogP contribution in [0.1, 0.15) is 0 Å². The van der Waals surface area contributed by atoms with E-state index in [1.54, 1.807) is 17.8 Å². The maximum absolute atomic E-state index is 13.0. The topological polar surface area (TPSA) is 28.8 Å². The minimum absolute atomic E-state index is 0.235. The van der Waals surface area contributed by atoms with Gasteiger partial charge in [0.1, 0.15) is 5.82 Å². The van der Waals surface area contributed by atoms with Crippen LogP contribution in [0.2, 0.25) is 0 Å². The molecule has 0 bridgehead atoms. The van der Waals surface area contributed by atoms with Gasteiger partial charge in [0.25, 0.3) is 0 Å². The minimum atomic E-state index is -0.235. The summed E-state index contributed by atoms with van der Waals surface area (Å²) < 4.78 is 15.7. The summed E-state index contributed by atoms with van der Waals surface area (Å²) >= 11 is 3.07. The van der Waals surface area contributed by atoms with Crippen molar-refractivity contribution < 1.29 is 4.39 Å². The zero-order chi connectivity index (χ0) is 10.8. The number of aryl methyl sites for hydroxylation is 1. The lowest BCUT2D eigenvalue weighted by molar-refractivity contribution is 0.629. The van der Waals surface area contributed by atoms with Gasteiger partial charge in [-0.3, -0.25) is 5.41 Å². The lowest BCUT2D eigenvalue weighted by Gasteiger charge is -2.02. The third-order valence-electron chi connectivity index (χ3n) is 2.18. The Morgan fingerprint density at radius 1 is 1.53 bits per heavy atom. The second-order valence-electron chi connectivity index (χ2n) is 3.16. The lowest BCUT2D eigenvalue weighted by Crippen LogP contribution is -2.14. The van der Waals surface area contributed by atoms with E-state index >= 15 is 0 Å². The predicted molar refractivity (Wildman–Crippen MR) is 64.0 cm³/mol. The van der Waals surface area contributed by atoms with Crippen LogP contribution in [0.15, 0.2) is 18.2 Å². The van der Waals surface area contributed by atoms with Gasteiger partial charge in [0.05, 0.1) is 10.2 Å². The average Bonchev–Trinajstić information content (AvgIpc) is 2.50. The maximum Gasteiger partial charge on any atom is 0.182 e. The molecule has 1 heterocycles. The van der Waals surface area contributed by atoms with Gasteiger partial charge < -0.3 is 4.57 Å². The van der Waals surface area contributed by atoms with Gasteiger partial charge in [-0.1, -0.05) is 11.3 Å². The molecule has 80 valence electrons. The van der Waals surface area contributed by atoms with E-state index in [1.807, 2.05) is 10.8 Å². The number of hydrogen-bond donors (Lipinski definition) is 1. The van der Waals surface area contributed by atoms with Crippen LogP contribution in [0.5, 0.6) is 0 Å². The molecule has 5 heteroatoms. The molecule has 0 aliphatic rings. The van der Waals surface area contributed by atoms with Gasteiger partial charge in [0.15, 0.2) is 4.80 Å². The molecule has 0 atom stereocenters. The van der Waals surface area contributed by atoms with Crippen molar-refractivity contribution in [3.05, 3.63) is 28.8 Å². The zero-order valence-electron chi connectivity index (χ0n) is 8.29. The highest BCUT2D eigenvalue weighted by Gasteiger charge is 2.05.